The highest BCUT2D eigenvalue weighted by atomic mass is 32.2. The summed E-state index contributed by atoms with van der Waals surface area (Å²) < 4.78 is 45.6. The molecule has 0 unspecified atom stereocenters. The van der Waals surface area contributed by atoms with Crippen LogP contribution in [0.2, 0.25) is 0 Å². The van der Waals surface area contributed by atoms with Crippen molar-refractivity contribution in [2.75, 3.05) is 13.7 Å². The van der Waals surface area contributed by atoms with E-state index in [1.165, 1.54) is 19.2 Å². The molecule has 7 nitrogen and oxygen atoms in total. The largest absolute Gasteiger partial charge is 0.481 e. The molecule has 3 aromatic carbocycles. The van der Waals surface area contributed by atoms with Crippen LogP contribution in [0.1, 0.15) is 11.1 Å². The molecule has 0 aliphatic carbocycles. The number of halogens is 1. The highest BCUT2D eigenvalue weighted by molar-refractivity contribution is 7.89. The van der Waals surface area contributed by atoms with Gasteiger partial charge in [0.25, 0.3) is 0 Å². The number of ether oxygens (including phenoxy) is 1. The summed E-state index contributed by atoms with van der Waals surface area (Å²) in [5, 5.41) is 18.1. The quantitative estimate of drug-likeness (QED) is 0.557. The van der Waals surface area contributed by atoms with Crippen molar-refractivity contribution in [2.24, 2.45) is 0 Å². The van der Waals surface area contributed by atoms with Crippen molar-refractivity contribution in [2.45, 2.75) is 11.4 Å². The maximum absolute atomic E-state index is 13.5. The fourth-order valence-corrected chi connectivity index (χ4v) is 4.26. The van der Waals surface area contributed by atoms with E-state index in [1.54, 1.807) is 42.5 Å². The summed E-state index contributed by atoms with van der Waals surface area (Å²) in [6.45, 7) is -0.582. The molecule has 0 bridgehead atoms. The molecule has 0 heterocycles. The average molecular weight is 454 g/mol. The SMILES string of the molecule is CN(Cc1ccc(OCC(=O)O)c(-c2cccc(C#N)c2)c1)S(=O)(=O)c1cccc(F)c1. The Balaban J connectivity index is 1.97. The van der Waals surface area contributed by atoms with E-state index in [-0.39, 0.29) is 17.2 Å². The minimum absolute atomic E-state index is 0.0248. The van der Waals surface area contributed by atoms with E-state index in [1.807, 2.05) is 6.07 Å². The van der Waals surface area contributed by atoms with E-state index < -0.39 is 28.4 Å². The van der Waals surface area contributed by atoms with Crippen LogP contribution in [0.15, 0.2) is 71.6 Å². The number of carboxylic acids is 1. The van der Waals surface area contributed by atoms with Crippen LogP contribution >= 0.6 is 0 Å². The smallest absolute Gasteiger partial charge is 0.341 e. The van der Waals surface area contributed by atoms with Gasteiger partial charge in [-0.15, -0.1) is 0 Å². The lowest BCUT2D eigenvalue weighted by atomic mass is 10.00. The normalized spacial score (nSPS) is 11.2. The monoisotopic (exact) mass is 454 g/mol. The fraction of sp³-hybridized carbons (Fsp3) is 0.130. The molecule has 32 heavy (non-hydrogen) atoms. The zero-order chi connectivity index (χ0) is 23.3. The van der Waals surface area contributed by atoms with Gasteiger partial charge in [-0.1, -0.05) is 24.3 Å². The van der Waals surface area contributed by atoms with E-state index in [0.717, 1.165) is 16.4 Å². The van der Waals surface area contributed by atoms with Gasteiger partial charge in [0.1, 0.15) is 11.6 Å². The Morgan fingerprint density at radius 2 is 1.88 bits per heavy atom. The third kappa shape index (κ3) is 5.29. The Morgan fingerprint density at radius 3 is 2.56 bits per heavy atom. The molecule has 0 fully saturated rings. The van der Waals surface area contributed by atoms with E-state index in [2.05, 4.69) is 0 Å². The van der Waals surface area contributed by atoms with Crippen molar-refractivity contribution in [3.05, 3.63) is 83.7 Å². The number of hydrogen-bond donors (Lipinski definition) is 1. The second kappa shape index (κ2) is 9.60. The third-order valence-electron chi connectivity index (χ3n) is 4.61. The second-order valence-corrected chi connectivity index (χ2v) is 8.97. The molecular weight excluding hydrogens is 435 g/mol. The highest BCUT2D eigenvalue weighted by Gasteiger charge is 2.22. The minimum atomic E-state index is -3.94. The maximum atomic E-state index is 13.5. The van der Waals surface area contributed by atoms with E-state index >= 15 is 0 Å². The number of carbonyl (C=O) groups is 1. The van der Waals surface area contributed by atoms with Gasteiger partial charge < -0.3 is 9.84 Å². The summed E-state index contributed by atoms with van der Waals surface area (Å²) in [4.78, 5) is 10.8. The molecule has 0 saturated heterocycles. The van der Waals surface area contributed by atoms with Crippen LogP contribution in [-0.4, -0.2) is 37.5 Å². The van der Waals surface area contributed by atoms with Crippen molar-refractivity contribution in [1.82, 2.24) is 4.31 Å². The number of nitrogens with zero attached hydrogens (tertiary/aromatic N) is 2. The lowest BCUT2D eigenvalue weighted by Crippen LogP contribution is -2.26. The third-order valence-corrected chi connectivity index (χ3v) is 6.41. The van der Waals surface area contributed by atoms with Crippen molar-refractivity contribution < 1.29 is 27.4 Å². The standard InChI is InChI=1S/C23H19FN2O5S/c1-26(32(29,30)20-7-3-6-19(24)12-20)14-17-8-9-22(31-15-23(27)28)21(11-17)18-5-2-4-16(10-18)13-25/h2-12H,14-15H2,1H3,(H,27,28). The summed E-state index contributed by atoms with van der Waals surface area (Å²) >= 11 is 0. The van der Waals surface area contributed by atoms with Gasteiger partial charge in [0.2, 0.25) is 10.0 Å². The van der Waals surface area contributed by atoms with Crippen LogP contribution in [0, 0.1) is 17.1 Å². The van der Waals surface area contributed by atoms with Crippen LogP contribution in [-0.2, 0) is 21.4 Å². The van der Waals surface area contributed by atoms with Crippen molar-refractivity contribution >= 4 is 16.0 Å². The molecule has 1 N–H and O–H groups in total. The maximum Gasteiger partial charge on any atom is 0.341 e. The molecule has 0 radical (unpaired) electrons. The first kappa shape index (κ1) is 22.9. The summed E-state index contributed by atoms with van der Waals surface area (Å²) in [5.74, 6) is -1.52. The summed E-state index contributed by atoms with van der Waals surface area (Å²) in [6, 6.07) is 18.3. The molecule has 0 amide bonds. The zero-order valence-corrected chi connectivity index (χ0v) is 17.8. The molecule has 0 aliphatic rings. The number of nitriles is 1. The Bertz CT molecular complexity index is 1300. The van der Waals surface area contributed by atoms with Gasteiger partial charge in [0.05, 0.1) is 16.5 Å². The van der Waals surface area contributed by atoms with Crippen LogP contribution in [0.25, 0.3) is 11.1 Å². The Kier molecular flexibility index (Phi) is 6.88. The Morgan fingerprint density at radius 1 is 1.12 bits per heavy atom. The van der Waals surface area contributed by atoms with Gasteiger partial charge in [-0.2, -0.15) is 9.57 Å². The Hall–Kier alpha value is -3.74. The predicted octanol–water partition coefficient (Wildman–Crippen LogP) is 3.65. The first-order chi connectivity index (χ1) is 15.2. The molecule has 0 atom stereocenters. The summed E-state index contributed by atoms with van der Waals surface area (Å²) in [6.07, 6.45) is 0. The van der Waals surface area contributed by atoms with Gasteiger partial charge in [0.15, 0.2) is 6.61 Å². The number of rotatable bonds is 8. The van der Waals surface area contributed by atoms with Gasteiger partial charge in [-0.05, 0) is 53.6 Å². The number of sulfonamides is 1. The Labute approximate surface area is 185 Å². The summed E-state index contributed by atoms with van der Waals surface area (Å²) in [5.41, 5.74) is 2.12. The van der Waals surface area contributed by atoms with E-state index in [0.29, 0.717) is 22.3 Å². The average Bonchev–Trinajstić information content (AvgIpc) is 2.78. The van der Waals surface area contributed by atoms with Crippen molar-refractivity contribution in [3.63, 3.8) is 0 Å². The molecule has 0 aliphatic heterocycles. The highest BCUT2D eigenvalue weighted by Crippen LogP contribution is 2.32. The van der Waals surface area contributed by atoms with E-state index in [4.69, 9.17) is 9.84 Å². The van der Waals surface area contributed by atoms with Gasteiger partial charge in [0, 0.05) is 19.2 Å². The first-order valence-corrected chi connectivity index (χ1v) is 10.8. The van der Waals surface area contributed by atoms with Crippen LogP contribution in [0.4, 0.5) is 4.39 Å². The van der Waals surface area contributed by atoms with Gasteiger partial charge in [-0.3, -0.25) is 0 Å². The second-order valence-electron chi connectivity index (χ2n) is 6.92. The molecular formula is C23H19FN2O5S. The lowest BCUT2D eigenvalue weighted by molar-refractivity contribution is -0.139. The van der Waals surface area contributed by atoms with Crippen molar-refractivity contribution in [3.8, 4) is 22.9 Å². The number of carboxylic acid groups (broad SMARTS) is 1. The molecule has 3 rings (SSSR count). The van der Waals surface area contributed by atoms with Crippen LogP contribution < -0.4 is 4.74 Å². The number of aliphatic carboxylic acids is 1. The lowest BCUT2D eigenvalue weighted by Gasteiger charge is -2.19. The number of benzene rings is 3. The molecule has 0 aromatic heterocycles. The topological polar surface area (TPSA) is 108 Å². The predicted molar refractivity (Wildman–Crippen MR) is 115 cm³/mol. The van der Waals surface area contributed by atoms with Crippen LogP contribution in [0.5, 0.6) is 5.75 Å². The summed E-state index contributed by atoms with van der Waals surface area (Å²) in [7, 11) is -2.56. The number of hydrogen-bond acceptors (Lipinski definition) is 5. The van der Waals surface area contributed by atoms with Crippen LogP contribution in [0.3, 0.4) is 0 Å². The molecule has 164 valence electrons. The van der Waals surface area contributed by atoms with E-state index in [9.17, 15) is 22.9 Å². The van der Waals surface area contributed by atoms with Gasteiger partial charge in [-0.25, -0.2) is 17.6 Å². The molecule has 3 aromatic rings. The molecule has 0 saturated carbocycles. The molecule has 0 spiro atoms. The first-order valence-electron chi connectivity index (χ1n) is 9.40. The fourth-order valence-electron chi connectivity index (χ4n) is 3.07. The zero-order valence-electron chi connectivity index (χ0n) is 17.0. The van der Waals surface area contributed by atoms with Crippen molar-refractivity contribution in [1.29, 1.82) is 5.26 Å². The molecule has 9 heteroatoms. The minimum Gasteiger partial charge on any atom is -0.481 e. The van der Waals surface area contributed by atoms with Gasteiger partial charge >= 0.3 is 5.97 Å².